The Morgan fingerprint density at radius 2 is 2.35 bits per heavy atom. The standard InChI is InChI=1S/C13H20N4/c1-10-9-15-7-5-11(10)6-8-16-13(14)17(2)12-3-4-12/h5,7,9,12H,3-4,6,8H2,1-2H3,(H2,14,16). The molecule has 4 nitrogen and oxygen atoms in total. The molecule has 0 aromatic carbocycles. The van der Waals surface area contributed by atoms with Crippen LogP contribution in [0.2, 0.25) is 0 Å². The van der Waals surface area contributed by atoms with Crippen LogP contribution in [0.4, 0.5) is 0 Å². The molecule has 17 heavy (non-hydrogen) atoms. The third-order valence-electron chi connectivity index (χ3n) is 3.25. The van der Waals surface area contributed by atoms with Gasteiger partial charge in [0, 0.05) is 32.0 Å². The summed E-state index contributed by atoms with van der Waals surface area (Å²) >= 11 is 0. The molecule has 1 aliphatic carbocycles. The summed E-state index contributed by atoms with van der Waals surface area (Å²) in [6, 6.07) is 2.67. The van der Waals surface area contributed by atoms with E-state index in [0.717, 1.165) is 13.0 Å². The molecule has 1 saturated carbocycles. The molecule has 1 aliphatic rings. The van der Waals surface area contributed by atoms with Gasteiger partial charge in [0.15, 0.2) is 5.96 Å². The van der Waals surface area contributed by atoms with Crippen molar-refractivity contribution < 1.29 is 0 Å². The molecule has 1 aromatic heterocycles. The lowest BCUT2D eigenvalue weighted by atomic mass is 10.1. The molecule has 0 radical (unpaired) electrons. The molecule has 2 rings (SSSR count). The van der Waals surface area contributed by atoms with Crippen molar-refractivity contribution >= 4 is 5.96 Å². The van der Waals surface area contributed by atoms with Gasteiger partial charge in [-0.25, -0.2) is 0 Å². The van der Waals surface area contributed by atoms with Crippen LogP contribution >= 0.6 is 0 Å². The lowest BCUT2D eigenvalue weighted by Crippen LogP contribution is -2.35. The fourth-order valence-electron chi connectivity index (χ4n) is 1.83. The highest BCUT2D eigenvalue weighted by Crippen LogP contribution is 2.24. The van der Waals surface area contributed by atoms with Gasteiger partial charge >= 0.3 is 0 Å². The summed E-state index contributed by atoms with van der Waals surface area (Å²) in [6.07, 6.45) is 7.13. The van der Waals surface area contributed by atoms with E-state index < -0.39 is 0 Å². The van der Waals surface area contributed by atoms with Crippen LogP contribution in [0.5, 0.6) is 0 Å². The number of nitrogens with zero attached hydrogens (tertiary/aromatic N) is 3. The van der Waals surface area contributed by atoms with E-state index in [4.69, 9.17) is 5.73 Å². The van der Waals surface area contributed by atoms with E-state index in [-0.39, 0.29) is 0 Å². The van der Waals surface area contributed by atoms with Gasteiger partial charge in [0.2, 0.25) is 0 Å². The number of hydrogen-bond donors (Lipinski definition) is 1. The monoisotopic (exact) mass is 232 g/mol. The maximum Gasteiger partial charge on any atom is 0.191 e. The van der Waals surface area contributed by atoms with E-state index in [9.17, 15) is 0 Å². The molecule has 92 valence electrons. The lowest BCUT2D eigenvalue weighted by Gasteiger charge is -2.16. The number of aliphatic imine (C=N–C) groups is 1. The molecule has 2 N–H and O–H groups in total. The molecule has 0 saturated heterocycles. The summed E-state index contributed by atoms with van der Waals surface area (Å²) in [5.41, 5.74) is 8.44. The van der Waals surface area contributed by atoms with E-state index in [1.807, 2.05) is 25.5 Å². The fraction of sp³-hybridized carbons (Fsp3) is 0.538. The minimum atomic E-state index is 0.626. The molecule has 1 heterocycles. The number of aromatic nitrogens is 1. The number of rotatable bonds is 4. The second-order valence-electron chi connectivity index (χ2n) is 4.63. The molecule has 1 fully saturated rings. The Bertz CT molecular complexity index is 410. The predicted molar refractivity (Wildman–Crippen MR) is 70.0 cm³/mol. The maximum absolute atomic E-state index is 5.92. The molecular weight excluding hydrogens is 212 g/mol. The van der Waals surface area contributed by atoms with Gasteiger partial charge in [0.1, 0.15) is 0 Å². The van der Waals surface area contributed by atoms with Gasteiger partial charge in [-0.05, 0) is 43.4 Å². The maximum atomic E-state index is 5.92. The Balaban J connectivity index is 1.86. The van der Waals surface area contributed by atoms with Crippen molar-refractivity contribution in [1.82, 2.24) is 9.88 Å². The van der Waals surface area contributed by atoms with Gasteiger partial charge in [-0.2, -0.15) is 0 Å². The van der Waals surface area contributed by atoms with Crippen LogP contribution in [0.25, 0.3) is 0 Å². The SMILES string of the molecule is Cc1cnccc1CCN=C(N)N(C)C1CC1. The largest absolute Gasteiger partial charge is 0.370 e. The van der Waals surface area contributed by atoms with Crippen molar-refractivity contribution in [3.8, 4) is 0 Å². The molecule has 4 heteroatoms. The average Bonchev–Trinajstić information content (AvgIpc) is 3.14. The first kappa shape index (κ1) is 11.9. The number of hydrogen-bond acceptors (Lipinski definition) is 2. The Labute approximate surface area is 103 Å². The Morgan fingerprint density at radius 3 is 3.00 bits per heavy atom. The molecule has 1 aromatic rings. The minimum absolute atomic E-state index is 0.626. The third kappa shape index (κ3) is 3.19. The summed E-state index contributed by atoms with van der Waals surface area (Å²) in [7, 11) is 2.02. The first-order valence-corrected chi connectivity index (χ1v) is 6.10. The molecule has 0 amide bonds. The van der Waals surface area contributed by atoms with E-state index in [0.29, 0.717) is 12.0 Å². The van der Waals surface area contributed by atoms with Crippen LogP contribution in [0.15, 0.2) is 23.5 Å². The summed E-state index contributed by atoms with van der Waals surface area (Å²) in [4.78, 5) is 10.6. The second kappa shape index (κ2) is 5.17. The highest BCUT2D eigenvalue weighted by molar-refractivity contribution is 5.78. The molecule has 0 aliphatic heterocycles. The lowest BCUT2D eigenvalue weighted by molar-refractivity contribution is 0.487. The Kier molecular flexibility index (Phi) is 3.61. The normalized spacial score (nSPS) is 16.0. The van der Waals surface area contributed by atoms with Gasteiger partial charge in [-0.1, -0.05) is 0 Å². The van der Waals surface area contributed by atoms with Crippen LogP contribution < -0.4 is 5.73 Å². The van der Waals surface area contributed by atoms with E-state index >= 15 is 0 Å². The average molecular weight is 232 g/mol. The molecule has 0 bridgehead atoms. The van der Waals surface area contributed by atoms with E-state index in [1.54, 1.807) is 0 Å². The van der Waals surface area contributed by atoms with Gasteiger partial charge < -0.3 is 10.6 Å². The topological polar surface area (TPSA) is 54.5 Å². The first-order chi connectivity index (χ1) is 8.18. The second-order valence-corrected chi connectivity index (χ2v) is 4.63. The van der Waals surface area contributed by atoms with E-state index in [1.165, 1.54) is 24.0 Å². The minimum Gasteiger partial charge on any atom is -0.370 e. The Morgan fingerprint density at radius 1 is 1.59 bits per heavy atom. The van der Waals surface area contributed by atoms with Gasteiger partial charge in [-0.3, -0.25) is 9.98 Å². The quantitative estimate of drug-likeness (QED) is 0.629. The smallest absolute Gasteiger partial charge is 0.191 e. The number of nitrogens with two attached hydrogens (primary N) is 1. The summed E-state index contributed by atoms with van der Waals surface area (Å²) in [5, 5.41) is 0. The zero-order valence-electron chi connectivity index (χ0n) is 10.6. The van der Waals surface area contributed by atoms with E-state index in [2.05, 4.69) is 21.8 Å². The summed E-state index contributed by atoms with van der Waals surface area (Å²) in [6.45, 7) is 2.82. The van der Waals surface area contributed by atoms with Crippen LogP contribution in [0.1, 0.15) is 24.0 Å². The van der Waals surface area contributed by atoms with Crippen molar-refractivity contribution in [3.63, 3.8) is 0 Å². The zero-order valence-corrected chi connectivity index (χ0v) is 10.6. The number of aryl methyl sites for hydroxylation is 1. The molecule has 0 atom stereocenters. The predicted octanol–water partition coefficient (Wildman–Crippen LogP) is 1.34. The number of guanidine groups is 1. The number of pyridine rings is 1. The van der Waals surface area contributed by atoms with Crippen molar-refractivity contribution in [2.45, 2.75) is 32.2 Å². The van der Waals surface area contributed by atoms with Crippen LogP contribution in [-0.4, -0.2) is 35.5 Å². The van der Waals surface area contributed by atoms with Gasteiger partial charge in [0.05, 0.1) is 0 Å². The summed E-state index contributed by atoms with van der Waals surface area (Å²) < 4.78 is 0. The Hall–Kier alpha value is -1.58. The zero-order chi connectivity index (χ0) is 12.3. The highest BCUT2D eigenvalue weighted by Gasteiger charge is 2.27. The first-order valence-electron chi connectivity index (χ1n) is 6.10. The van der Waals surface area contributed by atoms with Crippen molar-refractivity contribution in [2.75, 3.05) is 13.6 Å². The van der Waals surface area contributed by atoms with Gasteiger partial charge in [0.25, 0.3) is 0 Å². The molecular formula is C13H20N4. The highest BCUT2D eigenvalue weighted by atomic mass is 15.3. The van der Waals surface area contributed by atoms with Crippen molar-refractivity contribution in [2.24, 2.45) is 10.7 Å². The van der Waals surface area contributed by atoms with Crippen LogP contribution in [0, 0.1) is 6.92 Å². The third-order valence-corrected chi connectivity index (χ3v) is 3.25. The summed E-state index contributed by atoms with van der Waals surface area (Å²) in [5.74, 6) is 0.666. The van der Waals surface area contributed by atoms with Crippen LogP contribution in [-0.2, 0) is 6.42 Å². The fourth-order valence-corrected chi connectivity index (χ4v) is 1.83. The van der Waals surface area contributed by atoms with Crippen molar-refractivity contribution in [3.05, 3.63) is 29.6 Å². The molecule has 0 spiro atoms. The van der Waals surface area contributed by atoms with Gasteiger partial charge in [-0.15, -0.1) is 0 Å². The van der Waals surface area contributed by atoms with Crippen molar-refractivity contribution in [1.29, 1.82) is 0 Å². The van der Waals surface area contributed by atoms with Crippen LogP contribution in [0.3, 0.4) is 0 Å². The molecule has 0 unspecified atom stereocenters.